The maximum atomic E-state index is 4.50. The molecule has 42 valence electrons. The van der Waals surface area contributed by atoms with Gasteiger partial charge in [-0.2, -0.15) is 0 Å². The van der Waals surface area contributed by atoms with Crippen LogP contribution in [0.3, 0.4) is 0 Å². The molecule has 0 aliphatic carbocycles. The van der Waals surface area contributed by atoms with Gasteiger partial charge in [0.05, 0.1) is 13.2 Å². The first-order valence-corrected chi connectivity index (χ1v) is 1.08. The van der Waals surface area contributed by atoms with Crippen LogP contribution in [0.25, 0.3) is 0 Å². The van der Waals surface area contributed by atoms with Crippen molar-refractivity contribution in [1.82, 2.24) is 0 Å². The Kier molecular flexibility index (Phi) is 24.8. The highest BCUT2D eigenvalue weighted by atomic mass is 16.6. The minimum Gasteiger partial charge on any atom is -0.377 e. The molecule has 0 unspecified atom stereocenters. The van der Waals surface area contributed by atoms with Gasteiger partial charge in [0.1, 0.15) is 0 Å². The molecule has 1 heterocycles. The highest BCUT2D eigenvalue weighted by molar-refractivity contribution is 4.36. The number of hydrogen-bond donors (Lipinski definition) is 0. The molecular formula is C5H16O. The molecule has 1 fully saturated rings. The number of hydrogen-bond acceptors (Lipinski definition) is 1. The summed E-state index contributed by atoms with van der Waals surface area (Å²) >= 11 is 0. The quantitative estimate of drug-likeness (QED) is 0.416. The Morgan fingerprint density at radius 1 is 0.833 bits per heavy atom. The SMILES string of the molecule is C.C.C.C1CO1. The van der Waals surface area contributed by atoms with Gasteiger partial charge in [-0.1, -0.05) is 22.3 Å². The van der Waals surface area contributed by atoms with Gasteiger partial charge in [0.15, 0.2) is 0 Å². The Hall–Kier alpha value is -0.0400. The Labute approximate surface area is 41.3 Å². The van der Waals surface area contributed by atoms with Crippen molar-refractivity contribution >= 4 is 0 Å². The third kappa shape index (κ3) is 37.6. The van der Waals surface area contributed by atoms with Crippen molar-refractivity contribution in [3.8, 4) is 0 Å². The van der Waals surface area contributed by atoms with E-state index < -0.39 is 0 Å². The van der Waals surface area contributed by atoms with Crippen molar-refractivity contribution in [2.45, 2.75) is 22.3 Å². The van der Waals surface area contributed by atoms with E-state index in [4.69, 9.17) is 0 Å². The van der Waals surface area contributed by atoms with E-state index in [-0.39, 0.29) is 22.3 Å². The molecule has 0 aromatic rings. The third-order valence-electron chi connectivity index (χ3n) is 0.204. The maximum absolute atomic E-state index is 4.50. The summed E-state index contributed by atoms with van der Waals surface area (Å²) in [5, 5.41) is 0. The highest BCUT2D eigenvalue weighted by Gasteiger charge is 1.94. The van der Waals surface area contributed by atoms with Gasteiger partial charge in [-0.15, -0.1) is 0 Å². The first kappa shape index (κ1) is 16.7. The maximum Gasteiger partial charge on any atom is 0.0701 e. The second kappa shape index (κ2) is 8.88. The van der Waals surface area contributed by atoms with E-state index in [1.54, 1.807) is 0 Å². The van der Waals surface area contributed by atoms with E-state index >= 15 is 0 Å². The van der Waals surface area contributed by atoms with Gasteiger partial charge in [0.25, 0.3) is 0 Å². The summed E-state index contributed by atoms with van der Waals surface area (Å²) in [5.74, 6) is 0. The minimum atomic E-state index is 0. The molecule has 1 rings (SSSR count). The Bertz CT molecular complexity index is 8.66. The predicted molar refractivity (Wildman–Crippen MR) is 31.0 cm³/mol. The van der Waals surface area contributed by atoms with E-state index in [2.05, 4.69) is 4.74 Å². The summed E-state index contributed by atoms with van der Waals surface area (Å²) in [7, 11) is 0. The van der Waals surface area contributed by atoms with E-state index in [0.29, 0.717) is 0 Å². The van der Waals surface area contributed by atoms with Crippen molar-refractivity contribution in [3.63, 3.8) is 0 Å². The van der Waals surface area contributed by atoms with Crippen molar-refractivity contribution in [1.29, 1.82) is 0 Å². The fourth-order valence-electron chi connectivity index (χ4n) is 0. The second-order valence-electron chi connectivity index (χ2n) is 0.612. The molecule has 1 aliphatic rings. The molecule has 0 aromatic carbocycles. The lowest BCUT2D eigenvalue weighted by molar-refractivity contribution is 0.475. The summed E-state index contributed by atoms with van der Waals surface area (Å²) in [6.45, 7) is 2.00. The molecule has 0 aromatic heterocycles. The Morgan fingerprint density at radius 3 is 1.00 bits per heavy atom. The van der Waals surface area contributed by atoms with Crippen LogP contribution in [0, 0.1) is 0 Å². The third-order valence-corrected chi connectivity index (χ3v) is 0.204. The summed E-state index contributed by atoms with van der Waals surface area (Å²) in [6.07, 6.45) is 0. The van der Waals surface area contributed by atoms with Gasteiger partial charge in [-0.05, 0) is 0 Å². The van der Waals surface area contributed by atoms with Crippen LogP contribution < -0.4 is 0 Å². The molecule has 0 amide bonds. The number of epoxide rings is 1. The van der Waals surface area contributed by atoms with Crippen LogP contribution >= 0.6 is 0 Å². The van der Waals surface area contributed by atoms with Crippen LogP contribution in [0.15, 0.2) is 0 Å². The van der Waals surface area contributed by atoms with Crippen LogP contribution in [-0.4, -0.2) is 13.2 Å². The molecule has 6 heavy (non-hydrogen) atoms. The number of ether oxygens (including phenoxy) is 1. The molecule has 0 N–H and O–H groups in total. The standard InChI is InChI=1S/C2H4O.3CH4/c1-2-3-1;;;/h1-2H2;3*1H4. The van der Waals surface area contributed by atoms with Crippen LogP contribution in [-0.2, 0) is 4.74 Å². The first-order valence-electron chi connectivity index (χ1n) is 1.08. The molecule has 0 saturated carbocycles. The fourth-order valence-corrected chi connectivity index (χ4v) is 0. The van der Waals surface area contributed by atoms with E-state index in [0.717, 1.165) is 13.2 Å². The van der Waals surface area contributed by atoms with Crippen molar-refractivity contribution < 1.29 is 4.74 Å². The minimum absolute atomic E-state index is 0. The van der Waals surface area contributed by atoms with Crippen LogP contribution in [0.5, 0.6) is 0 Å². The van der Waals surface area contributed by atoms with Gasteiger partial charge in [-0.25, -0.2) is 0 Å². The summed E-state index contributed by atoms with van der Waals surface area (Å²) in [4.78, 5) is 0. The number of rotatable bonds is 0. The molecule has 1 heteroatoms. The second-order valence-corrected chi connectivity index (χ2v) is 0.612. The first-order chi connectivity index (χ1) is 1.50. The molecule has 1 aliphatic heterocycles. The van der Waals surface area contributed by atoms with Crippen molar-refractivity contribution in [2.75, 3.05) is 13.2 Å². The van der Waals surface area contributed by atoms with Gasteiger partial charge in [-0.3, -0.25) is 0 Å². The van der Waals surface area contributed by atoms with Crippen LogP contribution in [0.2, 0.25) is 0 Å². The van der Waals surface area contributed by atoms with Crippen LogP contribution in [0.4, 0.5) is 0 Å². The summed E-state index contributed by atoms with van der Waals surface area (Å²) < 4.78 is 4.50. The lowest BCUT2D eigenvalue weighted by Gasteiger charge is -1.24. The summed E-state index contributed by atoms with van der Waals surface area (Å²) in [6, 6.07) is 0. The lowest BCUT2D eigenvalue weighted by atomic mass is 11.0. The molecule has 0 spiro atoms. The zero-order chi connectivity index (χ0) is 2.12. The smallest absolute Gasteiger partial charge is 0.0701 e. The van der Waals surface area contributed by atoms with Gasteiger partial charge in [0, 0.05) is 0 Å². The lowest BCUT2D eigenvalue weighted by Crippen LogP contribution is -1.20. The normalized spacial score (nSPS) is 12.0. The fraction of sp³-hybridized carbons (Fsp3) is 1.00. The zero-order valence-corrected chi connectivity index (χ0v) is 1.82. The molecule has 0 radical (unpaired) electrons. The Balaban J connectivity index is -0.0000000300. The topological polar surface area (TPSA) is 12.5 Å². The zero-order valence-electron chi connectivity index (χ0n) is 1.82. The van der Waals surface area contributed by atoms with Crippen LogP contribution in [0.1, 0.15) is 22.3 Å². The average molecular weight is 92.2 g/mol. The van der Waals surface area contributed by atoms with Gasteiger partial charge in [0.2, 0.25) is 0 Å². The molecule has 1 saturated heterocycles. The highest BCUT2D eigenvalue weighted by Crippen LogP contribution is 1.84. The summed E-state index contributed by atoms with van der Waals surface area (Å²) in [5.41, 5.74) is 0. The molecular weight excluding hydrogens is 76.1 g/mol. The Morgan fingerprint density at radius 2 is 1.00 bits per heavy atom. The molecule has 0 atom stereocenters. The molecule has 0 bridgehead atoms. The largest absolute Gasteiger partial charge is 0.377 e. The van der Waals surface area contributed by atoms with Crippen molar-refractivity contribution in [2.24, 2.45) is 0 Å². The average Bonchev–Trinajstić information content (AvgIpc) is 1.46. The van der Waals surface area contributed by atoms with E-state index in [1.807, 2.05) is 0 Å². The van der Waals surface area contributed by atoms with Gasteiger partial charge >= 0.3 is 0 Å². The van der Waals surface area contributed by atoms with E-state index in [9.17, 15) is 0 Å². The molecule has 1 nitrogen and oxygen atoms in total. The monoisotopic (exact) mass is 92.1 g/mol. The predicted octanol–water partition coefficient (Wildman–Crippen LogP) is 1.92. The van der Waals surface area contributed by atoms with Crippen molar-refractivity contribution in [3.05, 3.63) is 0 Å². The van der Waals surface area contributed by atoms with Gasteiger partial charge < -0.3 is 4.74 Å². The van der Waals surface area contributed by atoms with E-state index in [1.165, 1.54) is 0 Å².